The average molecular weight is 235 g/mol. The largest absolute Gasteiger partial charge is 0.386 e. The van der Waals surface area contributed by atoms with Gasteiger partial charge in [0.25, 0.3) is 0 Å². The number of fused-ring (bicyclic) bond motifs is 1. The molecule has 2 atom stereocenters. The lowest BCUT2D eigenvalue weighted by Gasteiger charge is -2.17. The summed E-state index contributed by atoms with van der Waals surface area (Å²) in [5.74, 6) is 0. The molecular weight excluding hydrogens is 218 g/mol. The Bertz CT molecular complexity index is 433. The highest BCUT2D eigenvalue weighted by atomic mass is 32.1. The number of hydrogen-bond donors (Lipinski definition) is 2. The second-order valence-corrected chi connectivity index (χ2v) is 5.09. The molecule has 0 aliphatic heterocycles. The molecule has 3 heteroatoms. The lowest BCUT2D eigenvalue weighted by molar-refractivity contribution is 0.140. The van der Waals surface area contributed by atoms with Crippen LogP contribution in [0.4, 0.5) is 0 Å². The van der Waals surface area contributed by atoms with Crippen LogP contribution >= 0.6 is 11.3 Å². The molecule has 86 valence electrons. The van der Waals surface area contributed by atoms with Gasteiger partial charge in [0.2, 0.25) is 0 Å². The molecule has 2 N–H and O–H groups in total. The number of thiophene rings is 1. The van der Waals surface area contributed by atoms with Gasteiger partial charge in [0.15, 0.2) is 0 Å². The highest BCUT2D eigenvalue weighted by molar-refractivity contribution is 7.19. The maximum atomic E-state index is 10.2. The molecule has 0 fully saturated rings. The van der Waals surface area contributed by atoms with Crippen molar-refractivity contribution in [3.8, 4) is 0 Å². The molecule has 0 radical (unpaired) electrons. The Balaban J connectivity index is 2.26. The summed E-state index contributed by atoms with van der Waals surface area (Å²) in [6, 6.07) is 10.4. The van der Waals surface area contributed by atoms with Crippen molar-refractivity contribution >= 4 is 21.4 Å². The molecule has 0 saturated carbocycles. The van der Waals surface area contributed by atoms with Gasteiger partial charge >= 0.3 is 0 Å². The molecule has 1 heterocycles. The third-order valence-electron chi connectivity index (χ3n) is 2.74. The molecular formula is C13H17NOS. The van der Waals surface area contributed by atoms with Crippen LogP contribution in [-0.4, -0.2) is 17.7 Å². The van der Waals surface area contributed by atoms with Crippen molar-refractivity contribution in [3.05, 3.63) is 35.2 Å². The second kappa shape index (κ2) is 4.95. The zero-order valence-electron chi connectivity index (χ0n) is 9.60. The molecule has 0 aliphatic rings. The Labute approximate surface area is 99.9 Å². The molecule has 0 spiro atoms. The van der Waals surface area contributed by atoms with Crippen LogP contribution in [0.5, 0.6) is 0 Å². The van der Waals surface area contributed by atoms with Gasteiger partial charge in [-0.3, -0.25) is 0 Å². The minimum Gasteiger partial charge on any atom is -0.386 e. The number of benzene rings is 1. The van der Waals surface area contributed by atoms with Crippen LogP contribution in [-0.2, 0) is 0 Å². The van der Waals surface area contributed by atoms with Gasteiger partial charge in [0.1, 0.15) is 6.10 Å². The smallest absolute Gasteiger partial charge is 0.103 e. The quantitative estimate of drug-likeness (QED) is 0.854. The summed E-state index contributed by atoms with van der Waals surface area (Å²) in [6.07, 6.45) is -0.419. The number of likely N-dealkylation sites (N-methyl/N-ethyl adjacent to an activating group) is 1. The zero-order valence-corrected chi connectivity index (χ0v) is 10.4. The fourth-order valence-corrected chi connectivity index (χ4v) is 2.98. The summed E-state index contributed by atoms with van der Waals surface area (Å²) in [5.41, 5.74) is 0. The Morgan fingerprint density at radius 2 is 2.12 bits per heavy atom. The fourth-order valence-electron chi connectivity index (χ4n) is 1.83. The summed E-state index contributed by atoms with van der Waals surface area (Å²) >= 11 is 1.67. The van der Waals surface area contributed by atoms with E-state index in [4.69, 9.17) is 0 Å². The van der Waals surface area contributed by atoms with Crippen molar-refractivity contribution in [1.29, 1.82) is 0 Å². The third-order valence-corrected chi connectivity index (χ3v) is 3.92. The van der Waals surface area contributed by atoms with Crippen molar-refractivity contribution in [1.82, 2.24) is 5.32 Å². The predicted octanol–water partition coefficient (Wildman–Crippen LogP) is 2.93. The van der Waals surface area contributed by atoms with Crippen LogP contribution in [0.1, 0.15) is 24.8 Å². The standard InChI is InChI=1S/C13H17NOS/c1-3-14-9(2)13(15)12-8-10-6-4-5-7-11(10)16-12/h4-9,13-15H,3H2,1-2H3. The number of aliphatic hydroxyl groups is 1. The number of hydrogen-bond acceptors (Lipinski definition) is 3. The van der Waals surface area contributed by atoms with Crippen LogP contribution in [0.3, 0.4) is 0 Å². The number of aliphatic hydroxyl groups excluding tert-OH is 1. The van der Waals surface area contributed by atoms with Crippen LogP contribution in [0.2, 0.25) is 0 Å². The van der Waals surface area contributed by atoms with E-state index in [1.165, 1.54) is 10.1 Å². The molecule has 0 aliphatic carbocycles. The summed E-state index contributed by atoms with van der Waals surface area (Å²) in [7, 11) is 0. The van der Waals surface area contributed by atoms with Crippen molar-refractivity contribution in [3.63, 3.8) is 0 Å². The van der Waals surface area contributed by atoms with E-state index in [1.54, 1.807) is 11.3 Å². The highest BCUT2D eigenvalue weighted by Crippen LogP contribution is 2.31. The van der Waals surface area contributed by atoms with Gasteiger partial charge in [-0.05, 0) is 31.0 Å². The average Bonchev–Trinajstić information content (AvgIpc) is 2.71. The molecule has 0 bridgehead atoms. The van der Waals surface area contributed by atoms with E-state index in [1.807, 2.05) is 26.0 Å². The van der Waals surface area contributed by atoms with Gasteiger partial charge in [0, 0.05) is 15.6 Å². The van der Waals surface area contributed by atoms with Gasteiger partial charge in [-0.2, -0.15) is 0 Å². The van der Waals surface area contributed by atoms with E-state index in [0.29, 0.717) is 0 Å². The van der Waals surface area contributed by atoms with E-state index >= 15 is 0 Å². The van der Waals surface area contributed by atoms with Gasteiger partial charge < -0.3 is 10.4 Å². The molecule has 2 nitrogen and oxygen atoms in total. The first kappa shape index (κ1) is 11.6. The lowest BCUT2D eigenvalue weighted by atomic mass is 10.1. The molecule has 2 rings (SSSR count). The van der Waals surface area contributed by atoms with Crippen LogP contribution in [0.15, 0.2) is 30.3 Å². The maximum absolute atomic E-state index is 10.2. The van der Waals surface area contributed by atoms with Gasteiger partial charge in [-0.25, -0.2) is 0 Å². The Hall–Kier alpha value is -0.900. The summed E-state index contributed by atoms with van der Waals surface area (Å²) in [6.45, 7) is 4.94. The topological polar surface area (TPSA) is 32.3 Å². The molecule has 0 saturated heterocycles. The van der Waals surface area contributed by atoms with Crippen molar-refractivity contribution in [2.24, 2.45) is 0 Å². The first-order valence-electron chi connectivity index (χ1n) is 5.62. The summed E-state index contributed by atoms with van der Waals surface area (Å²) in [4.78, 5) is 1.04. The lowest BCUT2D eigenvalue weighted by Crippen LogP contribution is -2.31. The molecule has 1 aromatic carbocycles. The summed E-state index contributed by atoms with van der Waals surface area (Å²) in [5, 5.41) is 14.6. The first-order valence-corrected chi connectivity index (χ1v) is 6.44. The molecule has 16 heavy (non-hydrogen) atoms. The normalized spacial score (nSPS) is 15.2. The van der Waals surface area contributed by atoms with E-state index < -0.39 is 6.10 Å². The van der Waals surface area contributed by atoms with E-state index in [9.17, 15) is 5.11 Å². The zero-order chi connectivity index (χ0) is 11.5. The predicted molar refractivity (Wildman–Crippen MR) is 69.9 cm³/mol. The van der Waals surface area contributed by atoms with E-state index in [-0.39, 0.29) is 6.04 Å². The monoisotopic (exact) mass is 235 g/mol. The number of rotatable bonds is 4. The van der Waals surface area contributed by atoms with E-state index in [0.717, 1.165) is 11.4 Å². The minimum absolute atomic E-state index is 0.0954. The van der Waals surface area contributed by atoms with Gasteiger partial charge in [0.05, 0.1) is 0 Å². The van der Waals surface area contributed by atoms with Crippen molar-refractivity contribution < 1.29 is 5.11 Å². The molecule has 2 unspecified atom stereocenters. The van der Waals surface area contributed by atoms with Crippen molar-refractivity contribution in [2.45, 2.75) is 26.0 Å². The number of nitrogens with one attached hydrogen (secondary N) is 1. The van der Waals surface area contributed by atoms with Crippen LogP contribution in [0, 0.1) is 0 Å². The fraction of sp³-hybridized carbons (Fsp3) is 0.385. The Morgan fingerprint density at radius 1 is 1.38 bits per heavy atom. The third kappa shape index (κ3) is 2.26. The maximum Gasteiger partial charge on any atom is 0.103 e. The van der Waals surface area contributed by atoms with Crippen molar-refractivity contribution in [2.75, 3.05) is 6.54 Å². The highest BCUT2D eigenvalue weighted by Gasteiger charge is 2.17. The molecule has 2 aromatic rings. The molecule has 1 aromatic heterocycles. The Kier molecular flexibility index (Phi) is 3.59. The second-order valence-electron chi connectivity index (χ2n) is 3.98. The summed E-state index contributed by atoms with van der Waals surface area (Å²) < 4.78 is 1.24. The van der Waals surface area contributed by atoms with E-state index in [2.05, 4.69) is 23.5 Å². The minimum atomic E-state index is -0.419. The SMILES string of the molecule is CCNC(C)C(O)c1cc2ccccc2s1. The first-order chi connectivity index (χ1) is 7.72. The van der Waals surface area contributed by atoms with Crippen LogP contribution < -0.4 is 5.32 Å². The van der Waals surface area contributed by atoms with Crippen LogP contribution in [0.25, 0.3) is 10.1 Å². The Morgan fingerprint density at radius 3 is 2.81 bits per heavy atom. The molecule has 0 amide bonds. The van der Waals surface area contributed by atoms with Gasteiger partial charge in [-0.15, -0.1) is 11.3 Å². The van der Waals surface area contributed by atoms with Gasteiger partial charge in [-0.1, -0.05) is 25.1 Å².